The molecule has 2 aromatic carbocycles. The second-order valence-corrected chi connectivity index (χ2v) is 7.74. The van der Waals surface area contributed by atoms with Crippen molar-refractivity contribution in [3.05, 3.63) is 51.7 Å². The van der Waals surface area contributed by atoms with Gasteiger partial charge in [0.15, 0.2) is 5.82 Å². The molecule has 3 aromatic rings. The van der Waals surface area contributed by atoms with Crippen LogP contribution >= 0.6 is 15.9 Å². The van der Waals surface area contributed by atoms with Gasteiger partial charge >= 0.3 is 6.36 Å². The van der Waals surface area contributed by atoms with E-state index in [2.05, 4.69) is 36.2 Å². The number of hydrogen-bond donors (Lipinski definition) is 1. The summed E-state index contributed by atoms with van der Waals surface area (Å²) in [5.41, 5.74) is -0.486. The van der Waals surface area contributed by atoms with Gasteiger partial charge in [0.1, 0.15) is 22.3 Å². The number of benzene rings is 2. The molecule has 7 nitrogen and oxygen atoms in total. The Bertz CT molecular complexity index is 1190. The number of halogens is 5. The van der Waals surface area contributed by atoms with E-state index in [-0.39, 0.29) is 22.1 Å². The molecule has 1 unspecified atom stereocenters. The lowest BCUT2D eigenvalue weighted by Crippen LogP contribution is -2.48. The van der Waals surface area contributed by atoms with Gasteiger partial charge in [0, 0.05) is 5.56 Å². The monoisotopic (exact) mass is 499 g/mol. The molecule has 0 spiro atoms. The van der Waals surface area contributed by atoms with Crippen LogP contribution in [0.5, 0.6) is 5.75 Å². The number of hydrogen-bond acceptors (Lipinski definition) is 5. The largest absolute Gasteiger partial charge is 0.573 e. The molecule has 0 radical (unpaired) electrons. The number of carbonyl (C=O) groups excluding carboxylic acids is 1. The molecule has 1 amide bonds. The van der Waals surface area contributed by atoms with Gasteiger partial charge in [-0.1, -0.05) is 0 Å². The average Bonchev–Trinajstić information content (AvgIpc) is 3.09. The van der Waals surface area contributed by atoms with Crippen LogP contribution in [-0.2, 0) is 6.54 Å². The molecule has 0 saturated carbocycles. The van der Waals surface area contributed by atoms with Crippen molar-refractivity contribution in [2.24, 2.45) is 0 Å². The Labute approximate surface area is 181 Å². The number of nitriles is 1. The molecular formula is C19H14BrF4N5O2. The first-order chi connectivity index (χ1) is 14.4. The number of aromatic nitrogens is 3. The maximum absolute atomic E-state index is 14.3. The number of rotatable bonds is 5. The molecule has 162 valence electrons. The van der Waals surface area contributed by atoms with Crippen molar-refractivity contribution in [3.63, 3.8) is 0 Å². The highest BCUT2D eigenvalue weighted by Crippen LogP contribution is 2.26. The van der Waals surface area contributed by atoms with Crippen LogP contribution in [0, 0.1) is 24.1 Å². The third-order valence-corrected chi connectivity index (χ3v) is 4.81. The molecule has 0 fully saturated rings. The Morgan fingerprint density at radius 3 is 2.45 bits per heavy atom. The zero-order valence-electron chi connectivity index (χ0n) is 16.1. The highest BCUT2D eigenvalue weighted by molar-refractivity contribution is 9.10. The normalized spacial score (nSPS) is 13.5. The fourth-order valence-electron chi connectivity index (χ4n) is 2.78. The molecule has 3 rings (SSSR count). The molecule has 0 saturated heterocycles. The Morgan fingerprint density at radius 2 is 1.87 bits per heavy atom. The summed E-state index contributed by atoms with van der Waals surface area (Å²) in [6.07, 6.45) is -4.85. The van der Waals surface area contributed by atoms with Crippen LogP contribution in [0.4, 0.5) is 17.6 Å². The Balaban J connectivity index is 1.79. The fraction of sp³-hybridized carbons (Fsp3) is 0.263. The summed E-state index contributed by atoms with van der Waals surface area (Å²) in [4.78, 5) is 13.6. The second-order valence-electron chi connectivity index (χ2n) is 6.89. The second kappa shape index (κ2) is 8.14. The van der Waals surface area contributed by atoms with Crippen molar-refractivity contribution < 1.29 is 27.1 Å². The van der Waals surface area contributed by atoms with Gasteiger partial charge in [-0.25, -0.2) is 4.39 Å². The number of nitrogens with one attached hydrogen (secondary N) is 1. The summed E-state index contributed by atoms with van der Waals surface area (Å²) in [5, 5.41) is 20.3. The van der Waals surface area contributed by atoms with Gasteiger partial charge in [-0.15, -0.1) is 13.2 Å². The van der Waals surface area contributed by atoms with Crippen LogP contribution < -0.4 is 10.1 Å². The van der Waals surface area contributed by atoms with Crippen LogP contribution in [0.1, 0.15) is 22.8 Å². The smallest absolute Gasteiger partial charge is 0.406 e. The van der Waals surface area contributed by atoms with Crippen molar-refractivity contribution >= 4 is 32.9 Å². The molecule has 31 heavy (non-hydrogen) atoms. The average molecular weight is 500 g/mol. The van der Waals surface area contributed by atoms with E-state index in [0.717, 1.165) is 29.1 Å². The Morgan fingerprint density at radius 1 is 1.26 bits per heavy atom. The summed E-state index contributed by atoms with van der Waals surface area (Å²) < 4.78 is 55.0. The standard InChI is InChI=1S/C19H14BrF4N5O2/c1-10-7-13(20)14(21)16-15(10)27-29(28-16)9-18(2,8-25)26-17(30)11-3-5-12(6-4-11)31-19(22,23)24/h3-7H,9H2,1-2H3,(H,26,30). The van der Waals surface area contributed by atoms with Gasteiger partial charge in [-0.3, -0.25) is 4.79 Å². The van der Waals surface area contributed by atoms with E-state index in [1.165, 1.54) is 6.92 Å². The molecule has 0 aliphatic rings. The van der Waals surface area contributed by atoms with Gasteiger partial charge < -0.3 is 10.1 Å². The molecule has 0 bridgehead atoms. The Hall–Kier alpha value is -3.20. The highest BCUT2D eigenvalue weighted by atomic mass is 79.9. The Kier molecular flexibility index (Phi) is 5.91. The van der Waals surface area contributed by atoms with Crippen LogP contribution in [0.2, 0.25) is 0 Å². The van der Waals surface area contributed by atoms with Crippen molar-refractivity contribution in [1.82, 2.24) is 20.3 Å². The molecule has 1 heterocycles. The molecular weight excluding hydrogens is 486 g/mol. The van der Waals surface area contributed by atoms with E-state index in [1.54, 1.807) is 13.0 Å². The van der Waals surface area contributed by atoms with E-state index in [9.17, 15) is 27.6 Å². The minimum absolute atomic E-state index is 0.0127. The minimum Gasteiger partial charge on any atom is -0.406 e. The quantitative estimate of drug-likeness (QED) is 0.529. The minimum atomic E-state index is -4.85. The number of amides is 1. The van der Waals surface area contributed by atoms with Crippen LogP contribution in [0.25, 0.3) is 11.0 Å². The third-order valence-electron chi connectivity index (χ3n) is 4.23. The lowest BCUT2D eigenvalue weighted by molar-refractivity contribution is -0.274. The first-order valence-electron chi connectivity index (χ1n) is 8.70. The van der Waals surface area contributed by atoms with Crippen molar-refractivity contribution in [3.8, 4) is 11.8 Å². The number of nitrogens with zero attached hydrogens (tertiary/aromatic N) is 4. The molecule has 1 N–H and O–H groups in total. The number of fused-ring (bicyclic) bond motifs is 1. The molecule has 1 aromatic heterocycles. The van der Waals surface area contributed by atoms with Crippen molar-refractivity contribution in [1.29, 1.82) is 5.26 Å². The number of carbonyl (C=O) groups is 1. The first kappa shape index (κ1) is 22.5. The summed E-state index contributed by atoms with van der Waals surface area (Å²) in [7, 11) is 0. The van der Waals surface area contributed by atoms with Gasteiger partial charge in [0.05, 0.1) is 17.1 Å². The van der Waals surface area contributed by atoms with Crippen molar-refractivity contribution in [2.45, 2.75) is 32.3 Å². The maximum atomic E-state index is 14.3. The zero-order valence-corrected chi connectivity index (χ0v) is 17.7. The van der Waals surface area contributed by atoms with E-state index < -0.39 is 29.4 Å². The topological polar surface area (TPSA) is 92.8 Å². The van der Waals surface area contributed by atoms with Gasteiger partial charge in [-0.05, 0) is 65.7 Å². The summed E-state index contributed by atoms with van der Waals surface area (Å²) in [6, 6.07) is 7.72. The van der Waals surface area contributed by atoms with Crippen LogP contribution in [0.15, 0.2) is 34.8 Å². The van der Waals surface area contributed by atoms with Crippen LogP contribution in [0.3, 0.4) is 0 Å². The summed E-state index contributed by atoms with van der Waals surface area (Å²) >= 11 is 3.10. The van der Waals surface area contributed by atoms with Crippen molar-refractivity contribution in [2.75, 3.05) is 0 Å². The van der Waals surface area contributed by atoms with Gasteiger partial charge in [-0.2, -0.15) is 20.3 Å². The SMILES string of the molecule is Cc1cc(Br)c(F)c2nn(CC(C)(C#N)NC(=O)c3ccc(OC(F)(F)F)cc3)nc12. The molecule has 0 aliphatic carbocycles. The van der Waals surface area contributed by atoms with Gasteiger partial charge in [0.25, 0.3) is 5.91 Å². The number of ether oxygens (including phenoxy) is 1. The maximum Gasteiger partial charge on any atom is 0.573 e. The summed E-state index contributed by atoms with van der Waals surface area (Å²) in [5.74, 6) is -1.79. The molecule has 0 aliphatic heterocycles. The fourth-order valence-corrected chi connectivity index (χ4v) is 3.31. The summed E-state index contributed by atoms with van der Waals surface area (Å²) in [6.45, 7) is 2.94. The molecule has 1 atom stereocenters. The highest BCUT2D eigenvalue weighted by Gasteiger charge is 2.32. The third kappa shape index (κ3) is 5.11. The number of alkyl halides is 3. The van der Waals surface area contributed by atoms with E-state index >= 15 is 0 Å². The zero-order chi connectivity index (χ0) is 23.0. The predicted octanol–water partition coefficient (Wildman–Crippen LogP) is 4.25. The predicted molar refractivity (Wildman–Crippen MR) is 105 cm³/mol. The van der Waals surface area contributed by atoms with E-state index in [4.69, 9.17) is 0 Å². The van der Waals surface area contributed by atoms with Gasteiger partial charge in [0.2, 0.25) is 0 Å². The lowest BCUT2D eigenvalue weighted by atomic mass is 10.0. The lowest BCUT2D eigenvalue weighted by Gasteiger charge is -2.22. The first-order valence-corrected chi connectivity index (χ1v) is 9.49. The van der Waals surface area contributed by atoms with E-state index in [0.29, 0.717) is 11.1 Å². The van der Waals surface area contributed by atoms with Crippen LogP contribution in [-0.4, -0.2) is 32.8 Å². The number of aryl methyl sites for hydroxylation is 1. The van der Waals surface area contributed by atoms with E-state index in [1.807, 2.05) is 6.07 Å². The molecule has 12 heteroatoms.